The van der Waals surface area contributed by atoms with Gasteiger partial charge in [-0.2, -0.15) is 0 Å². The lowest BCUT2D eigenvalue weighted by Crippen LogP contribution is -2.27. The lowest BCUT2D eigenvalue weighted by atomic mass is 10.1. The fourth-order valence-electron chi connectivity index (χ4n) is 1.47. The summed E-state index contributed by atoms with van der Waals surface area (Å²) < 4.78 is 10.1. The number of carbonyl (C=O) groups excluding carboxylic acids is 1. The van der Waals surface area contributed by atoms with Gasteiger partial charge in [0.05, 0.1) is 19.8 Å². The van der Waals surface area contributed by atoms with Gasteiger partial charge in [-0.05, 0) is 24.1 Å². The molecule has 18 heavy (non-hydrogen) atoms. The number of ether oxygens (including phenoxy) is 2. The number of hydrogen-bond acceptors (Lipinski definition) is 3. The topological polar surface area (TPSA) is 47.6 Å². The predicted octanol–water partition coefficient (Wildman–Crippen LogP) is 1.64. The highest BCUT2D eigenvalue weighted by Crippen LogP contribution is 2.04. The molecule has 0 aromatic heterocycles. The molecule has 4 nitrogen and oxygen atoms in total. The Morgan fingerprint density at radius 1 is 1.17 bits per heavy atom. The summed E-state index contributed by atoms with van der Waals surface area (Å²) in [4.78, 5) is 11.7. The van der Waals surface area contributed by atoms with E-state index < -0.39 is 0 Å². The molecular formula is C14H21NO3. The Hall–Kier alpha value is -1.39. The Morgan fingerprint density at radius 3 is 2.50 bits per heavy atom. The maximum absolute atomic E-state index is 11.7. The van der Waals surface area contributed by atoms with E-state index in [1.165, 1.54) is 5.56 Å². The molecule has 0 aliphatic rings. The SMILES string of the molecule is CCc1ccc(C(=O)NCCOCCOC)cc1. The van der Waals surface area contributed by atoms with Crippen molar-refractivity contribution in [1.82, 2.24) is 5.32 Å². The molecule has 0 aliphatic carbocycles. The summed E-state index contributed by atoms with van der Waals surface area (Å²) in [5.41, 5.74) is 1.92. The normalized spacial score (nSPS) is 10.3. The number of rotatable bonds is 8. The van der Waals surface area contributed by atoms with Crippen molar-refractivity contribution in [3.05, 3.63) is 35.4 Å². The van der Waals surface area contributed by atoms with E-state index in [2.05, 4.69) is 12.2 Å². The van der Waals surface area contributed by atoms with Gasteiger partial charge in [-0.3, -0.25) is 4.79 Å². The molecule has 0 radical (unpaired) electrons. The Bertz CT molecular complexity index is 349. The quantitative estimate of drug-likeness (QED) is 0.715. The molecule has 0 spiro atoms. The molecule has 1 aromatic carbocycles. The molecule has 1 N–H and O–H groups in total. The number of nitrogens with one attached hydrogen (secondary N) is 1. The van der Waals surface area contributed by atoms with Gasteiger partial charge in [0, 0.05) is 19.2 Å². The standard InChI is InChI=1S/C14H21NO3/c1-3-12-4-6-13(7-5-12)14(16)15-8-9-18-11-10-17-2/h4-7H,3,8-11H2,1-2H3,(H,15,16). The van der Waals surface area contributed by atoms with Crippen LogP contribution in [0.5, 0.6) is 0 Å². The molecule has 1 aromatic rings. The summed E-state index contributed by atoms with van der Waals surface area (Å²) in [6.45, 7) is 4.23. The molecule has 1 rings (SSSR count). The first-order valence-corrected chi connectivity index (χ1v) is 6.21. The maximum atomic E-state index is 11.7. The molecule has 0 unspecified atom stereocenters. The number of amides is 1. The largest absolute Gasteiger partial charge is 0.382 e. The molecule has 0 aliphatic heterocycles. The molecule has 0 heterocycles. The van der Waals surface area contributed by atoms with Crippen LogP contribution in [-0.2, 0) is 15.9 Å². The van der Waals surface area contributed by atoms with Crippen LogP contribution in [0.2, 0.25) is 0 Å². The zero-order chi connectivity index (χ0) is 13.2. The Labute approximate surface area is 108 Å². The highest BCUT2D eigenvalue weighted by Gasteiger charge is 2.03. The average molecular weight is 251 g/mol. The van der Waals surface area contributed by atoms with Gasteiger partial charge in [0.15, 0.2) is 0 Å². The van der Waals surface area contributed by atoms with Crippen molar-refractivity contribution in [3.8, 4) is 0 Å². The van der Waals surface area contributed by atoms with Crippen molar-refractivity contribution in [3.63, 3.8) is 0 Å². The average Bonchev–Trinajstić information content (AvgIpc) is 2.42. The van der Waals surface area contributed by atoms with Crippen LogP contribution in [0.15, 0.2) is 24.3 Å². The first-order valence-electron chi connectivity index (χ1n) is 6.21. The third-order valence-corrected chi connectivity index (χ3v) is 2.59. The second kappa shape index (κ2) is 8.66. The number of carbonyl (C=O) groups is 1. The smallest absolute Gasteiger partial charge is 0.251 e. The Balaban J connectivity index is 2.23. The zero-order valence-corrected chi connectivity index (χ0v) is 11.1. The van der Waals surface area contributed by atoms with Crippen LogP contribution in [0, 0.1) is 0 Å². The number of benzene rings is 1. The van der Waals surface area contributed by atoms with Crippen LogP contribution >= 0.6 is 0 Å². The summed E-state index contributed by atoms with van der Waals surface area (Å²) in [5.74, 6) is -0.0620. The van der Waals surface area contributed by atoms with Crippen molar-refractivity contribution >= 4 is 5.91 Å². The Morgan fingerprint density at radius 2 is 1.89 bits per heavy atom. The molecular weight excluding hydrogens is 230 g/mol. The second-order valence-electron chi connectivity index (χ2n) is 3.91. The van der Waals surface area contributed by atoms with Crippen LogP contribution in [0.3, 0.4) is 0 Å². The lowest BCUT2D eigenvalue weighted by molar-refractivity contribution is 0.0692. The predicted molar refractivity (Wildman–Crippen MR) is 70.8 cm³/mol. The van der Waals surface area contributed by atoms with E-state index in [9.17, 15) is 4.79 Å². The molecule has 0 saturated heterocycles. The van der Waals surface area contributed by atoms with Crippen LogP contribution in [0.1, 0.15) is 22.8 Å². The van der Waals surface area contributed by atoms with Gasteiger partial charge in [0.25, 0.3) is 5.91 Å². The Kier molecular flexibility index (Phi) is 7.06. The molecule has 0 atom stereocenters. The van der Waals surface area contributed by atoms with E-state index in [0.29, 0.717) is 31.9 Å². The first kappa shape index (κ1) is 14.7. The highest BCUT2D eigenvalue weighted by atomic mass is 16.5. The van der Waals surface area contributed by atoms with Crippen LogP contribution in [-0.4, -0.2) is 39.4 Å². The minimum absolute atomic E-state index is 0.0620. The van der Waals surface area contributed by atoms with Gasteiger partial charge in [-0.25, -0.2) is 0 Å². The van der Waals surface area contributed by atoms with Gasteiger partial charge in [0.2, 0.25) is 0 Å². The van der Waals surface area contributed by atoms with Gasteiger partial charge in [-0.15, -0.1) is 0 Å². The molecule has 4 heteroatoms. The van der Waals surface area contributed by atoms with E-state index in [-0.39, 0.29) is 5.91 Å². The van der Waals surface area contributed by atoms with Crippen molar-refractivity contribution < 1.29 is 14.3 Å². The minimum atomic E-state index is -0.0620. The van der Waals surface area contributed by atoms with Crippen molar-refractivity contribution in [2.75, 3.05) is 33.5 Å². The van der Waals surface area contributed by atoms with Crippen LogP contribution in [0.25, 0.3) is 0 Å². The minimum Gasteiger partial charge on any atom is -0.382 e. The highest BCUT2D eigenvalue weighted by molar-refractivity contribution is 5.94. The maximum Gasteiger partial charge on any atom is 0.251 e. The zero-order valence-electron chi connectivity index (χ0n) is 11.1. The molecule has 0 fully saturated rings. The van der Waals surface area contributed by atoms with E-state index in [1.807, 2.05) is 24.3 Å². The molecule has 1 amide bonds. The van der Waals surface area contributed by atoms with Gasteiger partial charge in [-0.1, -0.05) is 19.1 Å². The fourth-order valence-corrected chi connectivity index (χ4v) is 1.47. The summed E-state index contributed by atoms with van der Waals surface area (Å²) >= 11 is 0. The first-order chi connectivity index (χ1) is 8.77. The summed E-state index contributed by atoms with van der Waals surface area (Å²) in [5, 5.41) is 2.81. The number of hydrogen-bond donors (Lipinski definition) is 1. The van der Waals surface area contributed by atoms with E-state index >= 15 is 0 Å². The van der Waals surface area contributed by atoms with Crippen LogP contribution < -0.4 is 5.32 Å². The molecule has 0 bridgehead atoms. The monoisotopic (exact) mass is 251 g/mol. The number of methoxy groups -OCH3 is 1. The van der Waals surface area contributed by atoms with Crippen LogP contribution in [0.4, 0.5) is 0 Å². The third kappa shape index (κ3) is 5.29. The summed E-state index contributed by atoms with van der Waals surface area (Å²) in [6.07, 6.45) is 0.981. The fraction of sp³-hybridized carbons (Fsp3) is 0.500. The van der Waals surface area contributed by atoms with E-state index in [1.54, 1.807) is 7.11 Å². The van der Waals surface area contributed by atoms with Crippen molar-refractivity contribution in [1.29, 1.82) is 0 Å². The van der Waals surface area contributed by atoms with Gasteiger partial charge < -0.3 is 14.8 Å². The molecule has 100 valence electrons. The van der Waals surface area contributed by atoms with E-state index in [4.69, 9.17) is 9.47 Å². The number of aryl methyl sites for hydroxylation is 1. The van der Waals surface area contributed by atoms with Crippen molar-refractivity contribution in [2.24, 2.45) is 0 Å². The summed E-state index contributed by atoms with van der Waals surface area (Å²) in [7, 11) is 1.63. The van der Waals surface area contributed by atoms with Crippen molar-refractivity contribution in [2.45, 2.75) is 13.3 Å². The van der Waals surface area contributed by atoms with Gasteiger partial charge >= 0.3 is 0 Å². The van der Waals surface area contributed by atoms with Gasteiger partial charge in [0.1, 0.15) is 0 Å². The summed E-state index contributed by atoms with van der Waals surface area (Å²) in [6, 6.07) is 7.65. The third-order valence-electron chi connectivity index (χ3n) is 2.59. The van der Waals surface area contributed by atoms with E-state index in [0.717, 1.165) is 6.42 Å². The second-order valence-corrected chi connectivity index (χ2v) is 3.91. The lowest BCUT2D eigenvalue weighted by Gasteiger charge is -2.06. The molecule has 0 saturated carbocycles.